The molecule has 4 heteroatoms. The Morgan fingerprint density at radius 3 is 2.83 bits per heavy atom. The largest absolute Gasteiger partial charge is 0.298 e. The van der Waals surface area contributed by atoms with Crippen LogP contribution in [0.15, 0.2) is 48.8 Å². The van der Waals surface area contributed by atoms with Crippen molar-refractivity contribution in [1.29, 1.82) is 5.26 Å². The summed E-state index contributed by atoms with van der Waals surface area (Å²) in [5.41, 5.74) is 2.65. The van der Waals surface area contributed by atoms with Gasteiger partial charge in [0.15, 0.2) is 0 Å². The smallest absolute Gasteiger partial charge is 0.124 e. The van der Waals surface area contributed by atoms with Crippen molar-refractivity contribution in [3.8, 4) is 11.8 Å². The summed E-state index contributed by atoms with van der Waals surface area (Å²) in [5.74, 6) is -0.417. The summed E-state index contributed by atoms with van der Waals surface area (Å²) in [6, 6.07) is 13.7. The number of aromatic nitrogens is 2. The predicted molar refractivity (Wildman–Crippen MR) is 65.7 cm³/mol. The summed E-state index contributed by atoms with van der Waals surface area (Å²) in [4.78, 5) is 4.25. The van der Waals surface area contributed by atoms with Gasteiger partial charge in [-0.3, -0.25) is 4.57 Å². The van der Waals surface area contributed by atoms with Gasteiger partial charge in [-0.15, -0.1) is 0 Å². The number of rotatable bonds is 1. The summed E-state index contributed by atoms with van der Waals surface area (Å²) in [7, 11) is 0. The molecule has 3 nitrogen and oxygen atoms in total. The molecule has 0 saturated carbocycles. The summed E-state index contributed by atoms with van der Waals surface area (Å²) < 4.78 is 14.9. The average molecular weight is 237 g/mol. The van der Waals surface area contributed by atoms with E-state index in [4.69, 9.17) is 5.26 Å². The maximum Gasteiger partial charge on any atom is 0.124 e. The van der Waals surface area contributed by atoms with Gasteiger partial charge >= 0.3 is 0 Å². The highest BCUT2D eigenvalue weighted by Gasteiger charge is 2.09. The Hall–Kier alpha value is -2.67. The number of nitriles is 1. The lowest BCUT2D eigenvalue weighted by atomic mass is 10.2. The molecule has 0 unspecified atom stereocenters. The molecule has 0 saturated heterocycles. The molecule has 3 aromatic rings. The summed E-state index contributed by atoms with van der Waals surface area (Å²) in [5, 5.41) is 9.06. The third-order valence-corrected chi connectivity index (χ3v) is 2.79. The molecule has 0 spiro atoms. The molecule has 2 aromatic carbocycles. The fourth-order valence-electron chi connectivity index (χ4n) is 1.96. The monoisotopic (exact) mass is 237 g/mol. The van der Waals surface area contributed by atoms with Crippen molar-refractivity contribution in [3.05, 3.63) is 60.2 Å². The number of para-hydroxylation sites is 2. The van der Waals surface area contributed by atoms with Crippen LogP contribution in [-0.2, 0) is 0 Å². The van der Waals surface area contributed by atoms with Gasteiger partial charge in [0.1, 0.15) is 18.2 Å². The lowest BCUT2D eigenvalue weighted by molar-refractivity contribution is 0.627. The topological polar surface area (TPSA) is 41.6 Å². The number of nitrogens with zero attached hydrogens (tertiary/aromatic N) is 3. The second kappa shape index (κ2) is 3.97. The average Bonchev–Trinajstić information content (AvgIpc) is 2.82. The van der Waals surface area contributed by atoms with Gasteiger partial charge in [0.05, 0.1) is 22.3 Å². The van der Waals surface area contributed by atoms with Crippen molar-refractivity contribution in [2.45, 2.75) is 0 Å². The van der Waals surface area contributed by atoms with Crippen LogP contribution in [0.5, 0.6) is 0 Å². The molecule has 3 rings (SSSR count). The SMILES string of the molecule is N#Cc1cc(F)ccc1-n1cnc2ccccc21. The third kappa shape index (κ3) is 1.54. The normalized spacial score (nSPS) is 10.4. The molecule has 0 atom stereocenters. The number of hydrogen-bond donors (Lipinski definition) is 0. The lowest BCUT2D eigenvalue weighted by Crippen LogP contribution is -1.96. The first-order valence-corrected chi connectivity index (χ1v) is 5.42. The van der Waals surface area contributed by atoms with Crippen LogP contribution in [0.3, 0.4) is 0 Å². The van der Waals surface area contributed by atoms with E-state index in [2.05, 4.69) is 4.98 Å². The van der Waals surface area contributed by atoms with E-state index < -0.39 is 5.82 Å². The van der Waals surface area contributed by atoms with Crippen molar-refractivity contribution >= 4 is 11.0 Å². The summed E-state index contributed by atoms with van der Waals surface area (Å²) in [6.45, 7) is 0. The number of halogens is 1. The standard InChI is InChI=1S/C14H8FN3/c15-11-5-6-13(10(7-11)8-16)18-9-17-12-3-1-2-4-14(12)18/h1-7,9H. The lowest BCUT2D eigenvalue weighted by Gasteiger charge is -2.06. The van der Waals surface area contributed by atoms with E-state index >= 15 is 0 Å². The van der Waals surface area contributed by atoms with Crippen LogP contribution >= 0.6 is 0 Å². The minimum absolute atomic E-state index is 0.290. The summed E-state index contributed by atoms with van der Waals surface area (Å²) in [6.07, 6.45) is 1.64. The molecule has 0 aliphatic carbocycles. The Morgan fingerprint density at radius 2 is 2.00 bits per heavy atom. The van der Waals surface area contributed by atoms with Crippen molar-refractivity contribution in [3.63, 3.8) is 0 Å². The molecule has 1 aromatic heterocycles. The zero-order valence-electron chi connectivity index (χ0n) is 9.34. The first kappa shape index (κ1) is 10.5. The molecular formula is C14H8FN3. The van der Waals surface area contributed by atoms with Crippen LogP contribution in [0.4, 0.5) is 4.39 Å². The van der Waals surface area contributed by atoms with Gasteiger partial charge in [-0.25, -0.2) is 9.37 Å². The molecule has 0 radical (unpaired) electrons. The highest BCUT2D eigenvalue weighted by atomic mass is 19.1. The van der Waals surface area contributed by atoms with Crippen LogP contribution in [0.2, 0.25) is 0 Å². The van der Waals surface area contributed by atoms with E-state index in [1.165, 1.54) is 12.1 Å². The molecule has 0 fully saturated rings. The first-order chi connectivity index (χ1) is 8.79. The van der Waals surface area contributed by atoms with Gasteiger partial charge in [0.2, 0.25) is 0 Å². The van der Waals surface area contributed by atoms with Gasteiger partial charge < -0.3 is 0 Å². The number of fused-ring (bicyclic) bond motifs is 1. The molecule has 18 heavy (non-hydrogen) atoms. The highest BCUT2D eigenvalue weighted by Crippen LogP contribution is 2.21. The van der Waals surface area contributed by atoms with Gasteiger partial charge in [-0.2, -0.15) is 5.26 Å². The quantitative estimate of drug-likeness (QED) is 0.652. The van der Waals surface area contributed by atoms with E-state index in [0.29, 0.717) is 5.69 Å². The van der Waals surface area contributed by atoms with Crippen molar-refractivity contribution in [1.82, 2.24) is 9.55 Å². The summed E-state index contributed by atoms with van der Waals surface area (Å²) >= 11 is 0. The van der Waals surface area contributed by atoms with Crippen LogP contribution in [0.25, 0.3) is 16.7 Å². The minimum atomic E-state index is -0.417. The van der Waals surface area contributed by atoms with Crippen LogP contribution in [0, 0.1) is 17.1 Å². The van der Waals surface area contributed by atoms with Gasteiger partial charge in [-0.05, 0) is 30.3 Å². The molecular weight excluding hydrogens is 229 g/mol. The van der Waals surface area contributed by atoms with E-state index in [1.54, 1.807) is 17.0 Å². The van der Waals surface area contributed by atoms with Gasteiger partial charge in [-0.1, -0.05) is 12.1 Å². The minimum Gasteiger partial charge on any atom is -0.298 e. The van der Waals surface area contributed by atoms with E-state index in [0.717, 1.165) is 11.0 Å². The first-order valence-electron chi connectivity index (χ1n) is 5.42. The van der Waals surface area contributed by atoms with E-state index in [-0.39, 0.29) is 5.56 Å². The van der Waals surface area contributed by atoms with Crippen LogP contribution < -0.4 is 0 Å². The Bertz CT molecular complexity index is 768. The van der Waals surface area contributed by atoms with Crippen molar-refractivity contribution < 1.29 is 4.39 Å². The molecule has 0 aliphatic rings. The van der Waals surface area contributed by atoms with Gasteiger partial charge in [0.25, 0.3) is 0 Å². The number of benzene rings is 2. The maximum absolute atomic E-state index is 13.1. The Balaban J connectivity index is 2.30. The van der Waals surface area contributed by atoms with Gasteiger partial charge in [0, 0.05) is 0 Å². The van der Waals surface area contributed by atoms with Crippen molar-refractivity contribution in [2.24, 2.45) is 0 Å². The molecule has 0 N–H and O–H groups in total. The molecule has 0 bridgehead atoms. The molecule has 1 heterocycles. The second-order valence-electron chi connectivity index (χ2n) is 3.88. The molecule has 0 amide bonds. The van der Waals surface area contributed by atoms with E-state index in [9.17, 15) is 4.39 Å². The number of imidazole rings is 1. The fourth-order valence-corrected chi connectivity index (χ4v) is 1.96. The van der Waals surface area contributed by atoms with Crippen molar-refractivity contribution in [2.75, 3.05) is 0 Å². The zero-order chi connectivity index (χ0) is 12.5. The van der Waals surface area contributed by atoms with Crippen LogP contribution in [-0.4, -0.2) is 9.55 Å². The Labute approximate surface area is 103 Å². The predicted octanol–water partition coefficient (Wildman–Crippen LogP) is 3.04. The Kier molecular flexibility index (Phi) is 2.31. The zero-order valence-corrected chi connectivity index (χ0v) is 9.34. The maximum atomic E-state index is 13.1. The van der Waals surface area contributed by atoms with E-state index in [1.807, 2.05) is 30.3 Å². The molecule has 0 aliphatic heterocycles. The fraction of sp³-hybridized carbons (Fsp3) is 0. The third-order valence-electron chi connectivity index (χ3n) is 2.79. The van der Waals surface area contributed by atoms with Crippen LogP contribution in [0.1, 0.15) is 5.56 Å². The molecule has 86 valence electrons. The highest BCUT2D eigenvalue weighted by molar-refractivity contribution is 5.77. The second-order valence-corrected chi connectivity index (χ2v) is 3.88. The Morgan fingerprint density at radius 1 is 1.17 bits per heavy atom. The number of hydrogen-bond acceptors (Lipinski definition) is 2.